The first kappa shape index (κ1) is 18.6. The maximum Gasteiger partial charge on any atom is 0.245 e. The monoisotopic (exact) mass is 398 g/mol. The topological polar surface area (TPSA) is 75.7 Å². The van der Waals surface area contributed by atoms with E-state index in [-0.39, 0.29) is 15.8 Å². The highest BCUT2D eigenvalue weighted by Gasteiger charge is 2.35. The van der Waals surface area contributed by atoms with Crippen molar-refractivity contribution in [1.29, 1.82) is 0 Å². The van der Waals surface area contributed by atoms with E-state index < -0.39 is 21.9 Å². The molecule has 1 heterocycles. The van der Waals surface area contributed by atoms with Gasteiger partial charge >= 0.3 is 0 Å². The van der Waals surface area contributed by atoms with Crippen LogP contribution in [-0.2, 0) is 14.8 Å². The van der Waals surface area contributed by atoms with Crippen LogP contribution in [0.4, 0.5) is 10.1 Å². The van der Waals surface area contributed by atoms with Crippen LogP contribution in [0.3, 0.4) is 0 Å². The fourth-order valence-electron chi connectivity index (χ4n) is 2.74. The highest BCUT2D eigenvalue weighted by atomic mass is 35.5. The van der Waals surface area contributed by atoms with Gasteiger partial charge in [0.1, 0.15) is 17.6 Å². The Kier molecular flexibility index (Phi) is 5.17. The lowest BCUT2D eigenvalue weighted by molar-refractivity contribution is -0.118. The summed E-state index contributed by atoms with van der Waals surface area (Å²) < 4.78 is 45.5. The van der Waals surface area contributed by atoms with Gasteiger partial charge in [-0.25, -0.2) is 12.8 Å². The molecule has 1 unspecified atom stereocenters. The van der Waals surface area contributed by atoms with E-state index in [9.17, 15) is 17.6 Å². The van der Waals surface area contributed by atoms with Crippen molar-refractivity contribution < 1.29 is 22.3 Å². The molecule has 2 aromatic carbocycles. The number of carbonyl (C=O) groups excluding carboxylic acids is 1. The Morgan fingerprint density at radius 2 is 1.92 bits per heavy atom. The molecule has 2 aromatic rings. The van der Waals surface area contributed by atoms with E-state index in [1.807, 2.05) is 0 Å². The molecule has 0 spiro atoms. The van der Waals surface area contributed by atoms with Crippen molar-refractivity contribution in [3.63, 3.8) is 0 Å². The second-order valence-corrected chi connectivity index (χ2v) is 7.85. The molecule has 1 atom stereocenters. The number of amides is 1. The highest BCUT2D eigenvalue weighted by molar-refractivity contribution is 7.89. The molecule has 0 radical (unpaired) electrons. The minimum Gasteiger partial charge on any atom is -0.495 e. The number of halogens is 2. The Balaban J connectivity index is 1.77. The third-order valence-corrected chi connectivity index (χ3v) is 5.84. The molecule has 1 aliphatic heterocycles. The number of nitrogens with one attached hydrogen (secondary N) is 1. The van der Waals surface area contributed by atoms with Crippen LogP contribution in [0.2, 0.25) is 5.02 Å². The van der Waals surface area contributed by atoms with E-state index in [0.717, 1.165) is 0 Å². The lowest BCUT2D eigenvalue weighted by Crippen LogP contribution is -2.41. The van der Waals surface area contributed by atoms with Gasteiger partial charge in [0, 0.05) is 12.2 Å². The molecule has 3 rings (SSSR count). The Morgan fingerprint density at radius 3 is 2.54 bits per heavy atom. The number of anilines is 1. The molecular weight excluding hydrogens is 383 g/mol. The summed E-state index contributed by atoms with van der Waals surface area (Å²) in [7, 11) is -2.51. The van der Waals surface area contributed by atoms with Crippen LogP contribution in [0.1, 0.15) is 6.42 Å². The number of hydrogen-bond donors (Lipinski definition) is 1. The highest BCUT2D eigenvalue weighted by Crippen LogP contribution is 2.28. The molecule has 0 bridgehead atoms. The molecule has 0 aliphatic carbocycles. The number of benzene rings is 2. The molecule has 1 saturated heterocycles. The number of methoxy groups -OCH3 is 1. The zero-order valence-corrected chi connectivity index (χ0v) is 15.3. The summed E-state index contributed by atoms with van der Waals surface area (Å²) in [5.74, 6) is -0.445. The first-order chi connectivity index (χ1) is 12.3. The Morgan fingerprint density at radius 1 is 1.23 bits per heavy atom. The van der Waals surface area contributed by atoms with Crippen molar-refractivity contribution in [2.24, 2.45) is 0 Å². The van der Waals surface area contributed by atoms with E-state index >= 15 is 0 Å². The Hall–Kier alpha value is -2.16. The summed E-state index contributed by atoms with van der Waals surface area (Å²) in [5, 5.41) is 0.154. The molecule has 9 heteroatoms. The van der Waals surface area contributed by atoms with Crippen molar-refractivity contribution in [3.8, 4) is 5.75 Å². The van der Waals surface area contributed by atoms with E-state index in [4.69, 9.17) is 16.3 Å². The predicted molar refractivity (Wildman–Crippen MR) is 95.5 cm³/mol. The Bertz CT molecular complexity index is 934. The van der Waals surface area contributed by atoms with Crippen molar-refractivity contribution in [1.82, 2.24) is 4.72 Å². The second kappa shape index (κ2) is 7.22. The van der Waals surface area contributed by atoms with Crippen molar-refractivity contribution in [2.45, 2.75) is 17.4 Å². The van der Waals surface area contributed by atoms with E-state index in [2.05, 4.69) is 4.72 Å². The second-order valence-electron chi connectivity index (χ2n) is 5.73. The van der Waals surface area contributed by atoms with Crippen molar-refractivity contribution in [2.75, 3.05) is 18.6 Å². The molecule has 1 fully saturated rings. The first-order valence-electron chi connectivity index (χ1n) is 7.74. The van der Waals surface area contributed by atoms with E-state index in [0.29, 0.717) is 24.4 Å². The van der Waals surface area contributed by atoms with Gasteiger partial charge < -0.3 is 9.64 Å². The molecule has 1 N–H and O–H groups in total. The van der Waals surface area contributed by atoms with E-state index in [1.165, 1.54) is 54.5 Å². The van der Waals surface area contributed by atoms with Gasteiger partial charge in [0.25, 0.3) is 0 Å². The van der Waals surface area contributed by atoms with Gasteiger partial charge in [-0.3, -0.25) is 4.79 Å². The van der Waals surface area contributed by atoms with Gasteiger partial charge in [0.2, 0.25) is 15.9 Å². The van der Waals surface area contributed by atoms with Gasteiger partial charge in [0.15, 0.2) is 0 Å². The van der Waals surface area contributed by atoms with Gasteiger partial charge in [-0.05, 0) is 48.9 Å². The number of carbonyl (C=O) groups is 1. The largest absolute Gasteiger partial charge is 0.495 e. The fourth-order valence-corrected chi connectivity index (χ4v) is 4.31. The lowest BCUT2D eigenvalue weighted by Gasteiger charge is -2.17. The number of rotatable bonds is 5. The summed E-state index contributed by atoms with van der Waals surface area (Å²) in [5.41, 5.74) is 0.519. The van der Waals surface area contributed by atoms with Crippen molar-refractivity contribution in [3.05, 3.63) is 53.3 Å². The zero-order chi connectivity index (χ0) is 18.9. The zero-order valence-electron chi connectivity index (χ0n) is 13.8. The van der Waals surface area contributed by atoms with Crippen LogP contribution >= 0.6 is 11.6 Å². The smallest absolute Gasteiger partial charge is 0.245 e. The molecule has 138 valence electrons. The number of nitrogens with zero attached hydrogens (tertiary/aromatic N) is 1. The molecule has 0 saturated carbocycles. The van der Waals surface area contributed by atoms with Crippen LogP contribution in [-0.4, -0.2) is 34.0 Å². The lowest BCUT2D eigenvalue weighted by atomic mass is 10.3. The number of ether oxygens (including phenoxy) is 1. The van der Waals surface area contributed by atoms with Crippen LogP contribution in [0.25, 0.3) is 0 Å². The fraction of sp³-hybridized carbons (Fsp3) is 0.235. The maximum absolute atomic E-state index is 13.0. The SMILES string of the molecule is COc1ccc(S(=O)(=O)NC2CCN(c3ccc(F)cc3)C2=O)cc1Cl. The van der Waals surface area contributed by atoms with Gasteiger partial charge in [-0.1, -0.05) is 11.6 Å². The van der Waals surface area contributed by atoms with Gasteiger partial charge in [-0.15, -0.1) is 0 Å². The minimum atomic E-state index is -3.93. The predicted octanol–water partition coefficient (Wildman–Crippen LogP) is 2.57. The summed E-state index contributed by atoms with van der Waals surface area (Å²) in [6, 6.07) is 8.62. The first-order valence-corrected chi connectivity index (χ1v) is 9.61. The van der Waals surface area contributed by atoms with Gasteiger partial charge in [0.05, 0.1) is 17.0 Å². The minimum absolute atomic E-state index is 0.0590. The summed E-state index contributed by atoms with van der Waals surface area (Å²) in [4.78, 5) is 13.9. The molecule has 0 aromatic heterocycles. The van der Waals surface area contributed by atoms with Gasteiger partial charge in [-0.2, -0.15) is 4.72 Å². The maximum atomic E-state index is 13.0. The number of sulfonamides is 1. The molecular formula is C17H16ClFN2O4S. The van der Waals surface area contributed by atoms with Crippen LogP contribution < -0.4 is 14.4 Å². The van der Waals surface area contributed by atoms with Crippen LogP contribution in [0, 0.1) is 5.82 Å². The summed E-state index contributed by atoms with van der Waals surface area (Å²) in [6.07, 6.45) is 0.305. The normalized spacial score (nSPS) is 17.6. The summed E-state index contributed by atoms with van der Waals surface area (Å²) in [6.45, 7) is 0.334. The molecule has 26 heavy (non-hydrogen) atoms. The molecule has 1 aliphatic rings. The third kappa shape index (κ3) is 3.67. The standard InChI is InChI=1S/C17H16ClFN2O4S/c1-25-16-7-6-13(10-14(16)18)26(23,24)20-15-8-9-21(17(15)22)12-4-2-11(19)3-5-12/h2-7,10,15,20H,8-9H2,1H3. The molecule has 1 amide bonds. The van der Waals surface area contributed by atoms with E-state index in [1.54, 1.807) is 0 Å². The molecule has 6 nitrogen and oxygen atoms in total. The van der Waals surface area contributed by atoms with Crippen molar-refractivity contribution >= 4 is 33.2 Å². The average Bonchev–Trinajstić information content (AvgIpc) is 2.96. The average molecular weight is 399 g/mol. The van der Waals surface area contributed by atoms with Crippen LogP contribution in [0.15, 0.2) is 47.4 Å². The number of hydrogen-bond acceptors (Lipinski definition) is 4. The Labute approximate surface area is 155 Å². The van der Waals surface area contributed by atoms with Crippen LogP contribution in [0.5, 0.6) is 5.75 Å². The quantitative estimate of drug-likeness (QED) is 0.839. The third-order valence-electron chi connectivity index (χ3n) is 4.07. The summed E-state index contributed by atoms with van der Waals surface area (Å²) >= 11 is 5.97.